The SMILES string of the molecule is CCCc1ccc(-c2cc(NC)nc(CCC)n2)cc1. The van der Waals surface area contributed by atoms with E-state index in [4.69, 9.17) is 0 Å². The number of nitrogens with one attached hydrogen (secondary N) is 1. The molecule has 1 aromatic heterocycles. The summed E-state index contributed by atoms with van der Waals surface area (Å²) in [4.78, 5) is 9.16. The van der Waals surface area contributed by atoms with E-state index >= 15 is 0 Å². The second kappa shape index (κ2) is 7.04. The van der Waals surface area contributed by atoms with Gasteiger partial charge in [-0.3, -0.25) is 0 Å². The number of nitrogens with zero attached hydrogens (tertiary/aromatic N) is 2. The molecule has 2 aromatic rings. The largest absolute Gasteiger partial charge is 0.373 e. The standard InChI is InChI=1S/C17H23N3/c1-4-6-13-8-10-14(11-9-13)15-12-17(18-3)20-16(19-15)7-5-2/h8-12H,4-7H2,1-3H3,(H,18,19,20). The Hall–Kier alpha value is -1.90. The topological polar surface area (TPSA) is 37.8 Å². The molecule has 2 rings (SSSR count). The van der Waals surface area contributed by atoms with Gasteiger partial charge in [-0.15, -0.1) is 0 Å². The lowest BCUT2D eigenvalue weighted by Gasteiger charge is -2.08. The lowest BCUT2D eigenvalue weighted by molar-refractivity contribution is 0.838. The maximum atomic E-state index is 4.67. The van der Waals surface area contributed by atoms with Crippen molar-refractivity contribution in [2.75, 3.05) is 12.4 Å². The minimum atomic E-state index is 0.885. The quantitative estimate of drug-likeness (QED) is 0.858. The monoisotopic (exact) mass is 269 g/mol. The highest BCUT2D eigenvalue weighted by molar-refractivity contribution is 5.62. The van der Waals surface area contributed by atoms with Crippen LogP contribution in [0.25, 0.3) is 11.3 Å². The number of aryl methyl sites for hydroxylation is 2. The first-order valence-corrected chi connectivity index (χ1v) is 7.41. The maximum Gasteiger partial charge on any atom is 0.131 e. The summed E-state index contributed by atoms with van der Waals surface area (Å²) in [5.74, 6) is 1.79. The summed E-state index contributed by atoms with van der Waals surface area (Å²) in [5, 5.41) is 3.12. The molecule has 3 nitrogen and oxygen atoms in total. The molecule has 3 heteroatoms. The third-order valence-corrected chi connectivity index (χ3v) is 3.29. The first kappa shape index (κ1) is 14.5. The Kier molecular flexibility index (Phi) is 5.10. The molecule has 0 aliphatic carbocycles. The van der Waals surface area contributed by atoms with Gasteiger partial charge in [0.15, 0.2) is 0 Å². The van der Waals surface area contributed by atoms with E-state index in [1.807, 2.05) is 13.1 Å². The zero-order chi connectivity index (χ0) is 14.4. The van der Waals surface area contributed by atoms with E-state index in [-0.39, 0.29) is 0 Å². The highest BCUT2D eigenvalue weighted by atomic mass is 15.0. The van der Waals surface area contributed by atoms with Crippen molar-refractivity contribution in [3.8, 4) is 11.3 Å². The smallest absolute Gasteiger partial charge is 0.131 e. The van der Waals surface area contributed by atoms with E-state index in [0.29, 0.717) is 0 Å². The third kappa shape index (κ3) is 3.56. The third-order valence-electron chi connectivity index (χ3n) is 3.29. The summed E-state index contributed by atoms with van der Waals surface area (Å²) in [5.41, 5.74) is 3.53. The van der Waals surface area contributed by atoms with Crippen LogP contribution in [0, 0.1) is 0 Å². The molecule has 0 saturated carbocycles. The van der Waals surface area contributed by atoms with Gasteiger partial charge in [-0.25, -0.2) is 9.97 Å². The predicted octanol–water partition coefficient (Wildman–Crippen LogP) is 4.09. The van der Waals surface area contributed by atoms with Gasteiger partial charge >= 0.3 is 0 Å². The van der Waals surface area contributed by atoms with Crippen molar-refractivity contribution in [1.29, 1.82) is 0 Å². The number of hydrogen-bond acceptors (Lipinski definition) is 3. The zero-order valence-electron chi connectivity index (χ0n) is 12.6. The van der Waals surface area contributed by atoms with Gasteiger partial charge in [0.2, 0.25) is 0 Å². The lowest BCUT2D eigenvalue weighted by atomic mass is 10.1. The van der Waals surface area contributed by atoms with Gasteiger partial charge in [-0.2, -0.15) is 0 Å². The van der Waals surface area contributed by atoms with Crippen molar-refractivity contribution in [3.63, 3.8) is 0 Å². The summed E-state index contributed by atoms with van der Waals surface area (Å²) >= 11 is 0. The number of anilines is 1. The van der Waals surface area contributed by atoms with Gasteiger partial charge in [-0.1, -0.05) is 44.5 Å². The molecule has 0 aliphatic rings. The molecule has 0 amide bonds. The van der Waals surface area contributed by atoms with Crippen LogP contribution in [0.5, 0.6) is 0 Å². The average Bonchev–Trinajstić information content (AvgIpc) is 2.48. The molecule has 1 heterocycles. The van der Waals surface area contributed by atoms with Crippen molar-refractivity contribution in [3.05, 3.63) is 41.7 Å². The Morgan fingerprint density at radius 3 is 2.25 bits per heavy atom. The highest BCUT2D eigenvalue weighted by Crippen LogP contribution is 2.21. The van der Waals surface area contributed by atoms with E-state index < -0.39 is 0 Å². The van der Waals surface area contributed by atoms with Gasteiger partial charge in [0.25, 0.3) is 0 Å². The Labute approximate surface area is 121 Å². The fraction of sp³-hybridized carbons (Fsp3) is 0.412. The molecule has 0 atom stereocenters. The predicted molar refractivity (Wildman–Crippen MR) is 85.0 cm³/mol. The summed E-state index contributed by atoms with van der Waals surface area (Å²) in [6.45, 7) is 4.35. The van der Waals surface area contributed by atoms with Crippen LogP contribution in [0.3, 0.4) is 0 Å². The molecule has 0 unspecified atom stereocenters. The summed E-state index contributed by atoms with van der Waals surface area (Å²) in [7, 11) is 1.90. The number of hydrogen-bond donors (Lipinski definition) is 1. The van der Waals surface area contributed by atoms with Gasteiger partial charge < -0.3 is 5.32 Å². The van der Waals surface area contributed by atoms with E-state index in [9.17, 15) is 0 Å². The van der Waals surface area contributed by atoms with E-state index in [1.54, 1.807) is 0 Å². The molecular formula is C17H23N3. The van der Waals surface area contributed by atoms with Crippen molar-refractivity contribution in [2.45, 2.75) is 39.5 Å². The summed E-state index contributed by atoms with van der Waals surface area (Å²) < 4.78 is 0. The molecule has 0 saturated heterocycles. The maximum absolute atomic E-state index is 4.67. The van der Waals surface area contributed by atoms with Crippen LogP contribution in [0.4, 0.5) is 5.82 Å². The van der Waals surface area contributed by atoms with Gasteiger partial charge in [-0.05, 0) is 18.4 Å². The minimum absolute atomic E-state index is 0.885. The van der Waals surface area contributed by atoms with Crippen LogP contribution in [-0.2, 0) is 12.8 Å². The van der Waals surface area contributed by atoms with E-state index in [0.717, 1.165) is 42.2 Å². The number of rotatable bonds is 6. The Bertz CT molecular complexity index is 547. The van der Waals surface area contributed by atoms with Crippen LogP contribution in [0.1, 0.15) is 38.1 Å². The first-order valence-electron chi connectivity index (χ1n) is 7.41. The second-order valence-electron chi connectivity index (χ2n) is 5.00. The van der Waals surface area contributed by atoms with E-state index in [1.165, 1.54) is 12.0 Å². The second-order valence-corrected chi connectivity index (χ2v) is 5.00. The lowest BCUT2D eigenvalue weighted by Crippen LogP contribution is -2.01. The molecule has 0 fully saturated rings. The first-order chi connectivity index (χ1) is 9.76. The van der Waals surface area contributed by atoms with Crippen LogP contribution < -0.4 is 5.32 Å². The molecule has 0 spiro atoms. The van der Waals surface area contributed by atoms with Gasteiger partial charge in [0.05, 0.1) is 5.69 Å². The normalized spacial score (nSPS) is 10.6. The zero-order valence-corrected chi connectivity index (χ0v) is 12.6. The Morgan fingerprint density at radius 2 is 1.65 bits per heavy atom. The van der Waals surface area contributed by atoms with Crippen LogP contribution in [0.2, 0.25) is 0 Å². The fourth-order valence-electron chi connectivity index (χ4n) is 2.24. The Balaban J connectivity index is 2.32. The molecule has 0 bridgehead atoms. The van der Waals surface area contributed by atoms with Crippen molar-refractivity contribution in [2.24, 2.45) is 0 Å². The van der Waals surface area contributed by atoms with E-state index in [2.05, 4.69) is 53.4 Å². The molecule has 1 N–H and O–H groups in total. The molecule has 1 aromatic carbocycles. The van der Waals surface area contributed by atoms with Crippen molar-refractivity contribution >= 4 is 5.82 Å². The molecule has 106 valence electrons. The number of benzene rings is 1. The fourth-order valence-corrected chi connectivity index (χ4v) is 2.24. The van der Waals surface area contributed by atoms with Crippen LogP contribution in [-0.4, -0.2) is 17.0 Å². The molecule has 0 radical (unpaired) electrons. The van der Waals surface area contributed by atoms with Crippen LogP contribution >= 0.6 is 0 Å². The van der Waals surface area contributed by atoms with Gasteiger partial charge in [0, 0.05) is 25.1 Å². The summed E-state index contributed by atoms with van der Waals surface area (Å²) in [6, 6.07) is 10.7. The molecule has 20 heavy (non-hydrogen) atoms. The molecular weight excluding hydrogens is 246 g/mol. The highest BCUT2D eigenvalue weighted by Gasteiger charge is 2.06. The Morgan fingerprint density at radius 1 is 0.950 bits per heavy atom. The summed E-state index contributed by atoms with van der Waals surface area (Å²) in [6.07, 6.45) is 4.28. The van der Waals surface area contributed by atoms with Gasteiger partial charge in [0.1, 0.15) is 11.6 Å². The number of aromatic nitrogens is 2. The van der Waals surface area contributed by atoms with Crippen molar-refractivity contribution in [1.82, 2.24) is 9.97 Å². The molecule has 0 aliphatic heterocycles. The van der Waals surface area contributed by atoms with Crippen molar-refractivity contribution < 1.29 is 0 Å². The minimum Gasteiger partial charge on any atom is -0.373 e. The average molecular weight is 269 g/mol. The van der Waals surface area contributed by atoms with Crippen LogP contribution in [0.15, 0.2) is 30.3 Å².